The van der Waals surface area contributed by atoms with Gasteiger partial charge >= 0.3 is 11.9 Å². The zero-order valence-corrected chi connectivity index (χ0v) is 13.0. The van der Waals surface area contributed by atoms with E-state index in [0.717, 1.165) is 0 Å². The molecule has 21 heavy (non-hydrogen) atoms. The maximum Gasteiger partial charge on any atom is 0.346 e. The van der Waals surface area contributed by atoms with Gasteiger partial charge in [0.15, 0.2) is 0 Å². The molecule has 0 saturated carbocycles. The maximum atomic E-state index is 11.7. The molecule has 0 aromatic heterocycles. The average molecular weight is 307 g/mol. The molecule has 1 heterocycles. The van der Waals surface area contributed by atoms with Crippen LogP contribution < -0.4 is 0 Å². The normalized spacial score (nSPS) is 15.8. The van der Waals surface area contributed by atoms with E-state index in [4.69, 9.17) is 14.2 Å². The van der Waals surface area contributed by atoms with E-state index in [9.17, 15) is 9.59 Å². The second-order valence-electron chi connectivity index (χ2n) is 4.44. The zero-order valence-electron chi connectivity index (χ0n) is 12.0. The Bertz CT molecular complexity index is 563. The summed E-state index contributed by atoms with van der Waals surface area (Å²) < 4.78 is 21.0. The number of rotatable bonds is 6. The van der Waals surface area contributed by atoms with Crippen LogP contribution in [0.25, 0.3) is 0 Å². The lowest BCUT2D eigenvalue weighted by Gasteiger charge is -2.37. The molecule has 0 bridgehead atoms. The Labute approximate surface area is 125 Å². The fourth-order valence-corrected chi connectivity index (χ4v) is 2.88. The monoisotopic (exact) mass is 307 g/mol. The van der Waals surface area contributed by atoms with Crippen LogP contribution in [0, 0.1) is 0 Å². The van der Waals surface area contributed by atoms with Crippen LogP contribution in [-0.2, 0) is 24.7 Å². The van der Waals surface area contributed by atoms with Crippen LogP contribution in [0.2, 0.25) is 6.04 Å². The molecule has 0 aliphatic carbocycles. The fraction of sp³-hybridized carbons (Fsp3) is 0.429. The summed E-state index contributed by atoms with van der Waals surface area (Å²) >= 11 is 0. The van der Waals surface area contributed by atoms with Gasteiger partial charge in [-0.15, -0.1) is 0 Å². The van der Waals surface area contributed by atoms with Crippen molar-refractivity contribution in [3.63, 3.8) is 0 Å². The summed E-state index contributed by atoms with van der Waals surface area (Å²) in [4.78, 5) is 23.2. The van der Waals surface area contributed by atoms with Crippen LogP contribution >= 0.6 is 0 Å². The molecule has 1 aliphatic heterocycles. The van der Waals surface area contributed by atoms with Crippen LogP contribution in [0.1, 0.15) is 26.3 Å². The van der Waals surface area contributed by atoms with Crippen molar-refractivity contribution in [3.05, 3.63) is 34.9 Å². The molecule has 0 amide bonds. The first-order valence-electron chi connectivity index (χ1n) is 6.22. The van der Waals surface area contributed by atoms with Crippen LogP contribution in [0.15, 0.2) is 18.2 Å². The van der Waals surface area contributed by atoms with Gasteiger partial charge in [-0.2, -0.15) is 0 Å². The predicted molar refractivity (Wildman–Crippen MR) is 73.2 cm³/mol. The van der Waals surface area contributed by atoms with Crippen molar-refractivity contribution in [2.75, 3.05) is 21.3 Å². The number of fused-ring (bicyclic) bond motifs is 1. The van der Waals surface area contributed by atoms with Crippen LogP contribution in [-0.4, -0.2) is 49.6 Å². The van der Waals surface area contributed by atoms with Gasteiger partial charge in [0.1, 0.15) is 6.10 Å². The number of carbonyl (C=O) groups is 2. The van der Waals surface area contributed by atoms with E-state index in [2.05, 4.69) is 15.0 Å². The largest absolute Gasteiger partial charge is 0.386 e. The van der Waals surface area contributed by atoms with Gasteiger partial charge in [-0.25, -0.2) is 9.59 Å². The molecule has 111 valence electrons. The average Bonchev–Trinajstić information content (AvgIpc) is 2.79. The number of ether oxygens (including phenoxy) is 4. The van der Waals surface area contributed by atoms with Crippen molar-refractivity contribution in [1.82, 2.24) is 0 Å². The molecule has 1 unspecified atom stereocenters. The van der Waals surface area contributed by atoms with E-state index in [1.807, 2.05) is 0 Å². The third-order valence-corrected chi connectivity index (χ3v) is 3.92. The van der Waals surface area contributed by atoms with Crippen molar-refractivity contribution < 1.29 is 28.5 Å². The molecule has 7 heteroatoms. The zero-order chi connectivity index (χ0) is 15.6. The van der Waals surface area contributed by atoms with Crippen molar-refractivity contribution in [2.24, 2.45) is 0 Å². The Balaban J connectivity index is 2.55. The SMILES string of the molecule is COC(C[Si])C(OC)(OC)c1ccc2c(c1)C(=O)OC2=O. The van der Waals surface area contributed by atoms with Crippen molar-refractivity contribution in [1.29, 1.82) is 0 Å². The molecule has 0 saturated heterocycles. The van der Waals surface area contributed by atoms with E-state index in [1.54, 1.807) is 6.07 Å². The highest BCUT2D eigenvalue weighted by atomic mass is 28.1. The quantitative estimate of drug-likeness (QED) is 0.338. The predicted octanol–water partition coefficient (Wildman–Crippen LogP) is 1.04. The third kappa shape index (κ3) is 2.42. The first-order valence-corrected chi connectivity index (χ1v) is 6.93. The molecule has 0 N–H and O–H groups in total. The van der Waals surface area contributed by atoms with Gasteiger partial charge in [0.2, 0.25) is 5.79 Å². The lowest BCUT2D eigenvalue weighted by molar-refractivity contribution is -0.269. The molecule has 6 nitrogen and oxygen atoms in total. The van der Waals surface area contributed by atoms with Crippen LogP contribution in [0.3, 0.4) is 0 Å². The third-order valence-electron chi connectivity index (χ3n) is 3.55. The van der Waals surface area contributed by atoms with Gasteiger partial charge in [0.25, 0.3) is 0 Å². The number of benzene rings is 1. The van der Waals surface area contributed by atoms with E-state index >= 15 is 0 Å². The minimum Gasteiger partial charge on any atom is -0.386 e. The molecule has 3 radical (unpaired) electrons. The van der Waals surface area contributed by atoms with Crippen molar-refractivity contribution >= 4 is 22.2 Å². The van der Waals surface area contributed by atoms with E-state index in [0.29, 0.717) is 11.6 Å². The first kappa shape index (κ1) is 15.8. The van der Waals surface area contributed by atoms with Gasteiger partial charge in [0, 0.05) is 37.1 Å². The molecule has 2 rings (SSSR count). The number of cyclic esters (lactones) is 2. The topological polar surface area (TPSA) is 71.1 Å². The Hall–Kier alpha value is -1.54. The molecular weight excluding hydrogens is 292 g/mol. The number of methoxy groups -OCH3 is 3. The van der Waals surface area contributed by atoms with E-state index < -0.39 is 23.8 Å². The van der Waals surface area contributed by atoms with Crippen LogP contribution in [0.5, 0.6) is 0 Å². The fourth-order valence-electron chi connectivity index (χ4n) is 2.44. The second kappa shape index (κ2) is 6.06. The van der Waals surface area contributed by atoms with E-state index in [-0.39, 0.29) is 11.1 Å². The standard InChI is InChI=1S/C14H15O6Si/c1-17-11(7-21)14(18-2,19-3)8-4-5-9-10(6-8)13(16)20-12(9)15/h4-6,11H,7H2,1-3H3. The minimum absolute atomic E-state index is 0.194. The molecule has 1 aliphatic rings. The van der Waals surface area contributed by atoms with Crippen LogP contribution in [0.4, 0.5) is 0 Å². The van der Waals surface area contributed by atoms with Gasteiger partial charge < -0.3 is 18.9 Å². The second-order valence-corrected chi connectivity index (χ2v) is 4.85. The maximum absolute atomic E-state index is 11.7. The first-order chi connectivity index (χ1) is 10.0. The molecule has 1 aromatic carbocycles. The molecule has 0 fully saturated rings. The Morgan fingerprint density at radius 1 is 1.14 bits per heavy atom. The smallest absolute Gasteiger partial charge is 0.346 e. The van der Waals surface area contributed by atoms with Gasteiger partial charge in [-0.3, -0.25) is 0 Å². The van der Waals surface area contributed by atoms with E-state index in [1.165, 1.54) is 33.5 Å². The Morgan fingerprint density at radius 2 is 1.76 bits per heavy atom. The summed E-state index contributed by atoms with van der Waals surface area (Å²) in [6, 6.07) is 5.15. The highest BCUT2D eigenvalue weighted by Gasteiger charge is 2.42. The summed E-state index contributed by atoms with van der Waals surface area (Å²) in [6.45, 7) is 0. The number of carbonyl (C=O) groups excluding carboxylic acids is 2. The molecule has 0 spiro atoms. The summed E-state index contributed by atoms with van der Waals surface area (Å²) in [5.74, 6) is -2.53. The Kier molecular flexibility index (Phi) is 4.57. The van der Waals surface area contributed by atoms with Crippen molar-refractivity contribution in [2.45, 2.75) is 17.9 Å². The van der Waals surface area contributed by atoms with Gasteiger partial charge in [0.05, 0.1) is 11.1 Å². The lowest BCUT2D eigenvalue weighted by atomic mass is 9.96. The molecular formula is C14H15O6Si. The Morgan fingerprint density at radius 3 is 2.29 bits per heavy atom. The van der Waals surface area contributed by atoms with Crippen molar-refractivity contribution in [3.8, 4) is 0 Å². The highest BCUT2D eigenvalue weighted by molar-refractivity contribution is 6.14. The summed E-state index contributed by atoms with van der Waals surface area (Å²) in [6.07, 6.45) is -0.463. The minimum atomic E-state index is -1.21. The summed E-state index contributed by atoms with van der Waals surface area (Å²) in [7, 11) is 7.89. The molecule has 1 aromatic rings. The summed E-state index contributed by atoms with van der Waals surface area (Å²) in [5.41, 5.74) is 0.986. The molecule has 1 atom stereocenters. The highest BCUT2D eigenvalue weighted by Crippen LogP contribution is 2.35. The number of hydrogen-bond donors (Lipinski definition) is 0. The number of hydrogen-bond acceptors (Lipinski definition) is 6. The number of esters is 2. The lowest BCUT2D eigenvalue weighted by Crippen LogP contribution is -2.44. The van der Waals surface area contributed by atoms with Gasteiger partial charge in [-0.05, 0) is 18.2 Å². The summed E-state index contributed by atoms with van der Waals surface area (Å²) in [5, 5.41) is 0. The van der Waals surface area contributed by atoms with Gasteiger partial charge in [-0.1, -0.05) is 6.07 Å².